The van der Waals surface area contributed by atoms with Gasteiger partial charge in [-0.2, -0.15) is 13.2 Å². The quantitative estimate of drug-likeness (QED) is 0.747. The van der Waals surface area contributed by atoms with Crippen molar-refractivity contribution in [2.45, 2.75) is 19.2 Å². The number of rotatable bonds is 1. The van der Waals surface area contributed by atoms with E-state index in [1.165, 1.54) is 5.38 Å². The number of aliphatic hydroxyl groups excluding tert-OH is 1. The fourth-order valence-electron chi connectivity index (χ4n) is 0.638. The summed E-state index contributed by atoms with van der Waals surface area (Å²) in [5.74, 6) is 0. The Kier molecular flexibility index (Phi) is 2.39. The van der Waals surface area contributed by atoms with Crippen LogP contribution in [0.25, 0.3) is 0 Å². The molecule has 0 aliphatic carbocycles. The molecule has 0 radical (unpaired) electrons. The van der Waals surface area contributed by atoms with Gasteiger partial charge in [0.25, 0.3) is 0 Å². The van der Waals surface area contributed by atoms with Crippen molar-refractivity contribution >= 4 is 11.3 Å². The van der Waals surface area contributed by atoms with E-state index in [2.05, 4.69) is 4.98 Å². The first kappa shape index (κ1) is 9.47. The van der Waals surface area contributed by atoms with E-state index < -0.39 is 12.3 Å². The van der Waals surface area contributed by atoms with Crippen molar-refractivity contribution in [3.05, 3.63) is 16.1 Å². The summed E-state index contributed by atoms with van der Waals surface area (Å²) in [6, 6.07) is 0. The number of aliphatic hydroxyl groups is 1. The fraction of sp³-hybridized carbons (Fsp3) is 0.500. The Bertz CT molecular complexity index is 270. The van der Waals surface area contributed by atoms with Crippen molar-refractivity contribution in [2.24, 2.45) is 0 Å². The molecule has 0 unspecified atom stereocenters. The number of alkyl halides is 3. The highest BCUT2D eigenvalue weighted by molar-refractivity contribution is 7.09. The molecule has 1 N–H and O–H groups in total. The van der Waals surface area contributed by atoms with Crippen molar-refractivity contribution in [3.63, 3.8) is 0 Å². The topological polar surface area (TPSA) is 33.1 Å². The van der Waals surface area contributed by atoms with Crippen molar-refractivity contribution < 1.29 is 18.3 Å². The number of thiazole rings is 1. The van der Waals surface area contributed by atoms with Gasteiger partial charge in [0, 0.05) is 11.1 Å². The highest BCUT2D eigenvalue weighted by Crippen LogP contribution is 2.33. The first-order valence-electron chi connectivity index (χ1n) is 3.08. The van der Waals surface area contributed by atoms with Crippen LogP contribution in [0, 0.1) is 6.92 Å². The van der Waals surface area contributed by atoms with Gasteiger partial charge >= 0.3 is 6.18 Å². The van der Waals surface area contributed by atoms with Crippen molar-refractivity contribution in [1.29, 1.82) is 0 Å². The molecule has 0 aromatic carbocycles. The van der Waals surface area contributed by atoms with E-state index in [-0.39, 0.29) is 5.01 Å². The third kappa shape index (κ3) is 1.95. The zero-order chi connectivity index (χ0) is 9.35. The maximum atomic E-state index is 11.9. The number of halogens is 3. The Morgan fingerprint density at radius 1 is 1.58 bits per heavy atom. The van der Waals surface area contributed by atoms with E-state index in [1.54, 1.807) is 6.92 Å². The third-order valence-corrected chi connectivity index (χ3v) is 2.20. The van der Waals surface area contributed by atoms with Crippen LogP contribution in [0.4, 0.5) is 13.2 Å². The molecule has 1 aromatic heterocycles. The zero-order valence-corrected chi connectivity index (χ0v) is 6.91. The van der Waals surface area contributed by atoms with Crippen molar-refractivity contribution in [2.75, 3.05) is 0 Å². The Morgan fingerprint density at radius 2 is 2.17 bits per heavy atom. The molecule has 0 amide bonds. The molecule has 1 rings (SSSR count). The van der Waals surface area contributed by atoms with Crippen molar-refractivity contribution in [1.82, 2.24) is 4.98 Å². The van der Waals surface area contributed by atoms with Crippen LogP contribution < -0.4 is 0 Å². The maximum Gasteiger partial charge on any atom is 0.420 e. The average Bonchev–Trinajstić information content (AvgIpc) is 2.32. The summed E-state index contributed by atoms with van der Waals surface area (Å²) in [4.78, 5) is 3.53. The molecule has 0 fully saturated rings. The first-order valence-corrected chi connectivity index (χ1v) is 3.96. The molecule has 6 heteroatoms. The van der Waals surface area contributed by atoms with Crippen LogP contribution in [0.15, 0.2) is 5.38 Å². The Labute approximate surface area is 70.7 Å². The van der Waals surface area contributed by atoms with Crippen LogP contribution in [0.5, 0.6) is 0 Å². The summed E-state index contributed by atoms with van der Waals surface area (Å²) in [6.45, 7) is 1.57. The molecule has 1 heterocycles. The molecule has 0 aliphatic heterocycles. The summed E-state index contributed by atoms with van der Waals surface area (Å²) in [5.41, 5.74) is 0.485. The van der Waals surface area contributed by atoms with Gasteiger partial charge in [0.15, 0.2) is 0 Å². The zero-order valence-electron chi connectivity index (χ0n) is 6.09. The Balaban J connectivity index is 2.85. The van der Waals surface area contributed by atoms with Crippen LogP contribution in [-0.4, -0.2) is 16.3 Å². The van der Waals surface area contributed by atoms with Crippen LogP contribution in [0.3, 0.4) is 0 Å². The van der Waals surface area contributed by atoms with E-state index in [9.17, 15) is 13.2 Å². The standard InChI is InChI=1S/C6H6F3NOS/c1-3-2-12-5(10-3)4(11)6(7,8)9/h2,4,11H,1H3/t4-/m1/s1. The minimum atomic E-state index is -4.62. The van der Waals surface area contributed by atoms with Crippen LogP contribution in [0.2, 0.25) is 0 Å². The molecule has 2 nitrogen and oxygen atoms in total. The Morgan fingerprint density at radius 3 is 2.50 bits per heavy atom. The SMILES string of the molecule is Cc1csc([C@@H](O)C(F)(F)F)n1. The molecule has 1 atom stereocenters. The second kappa shape index (κ2) is 3.02. The molecule has 0 saturated carbocycles. The molecule has 0 aliphatic rings. The van der Waals surface area contributed by atoms with E-state index >= 15 is 0 Å². The van der Waals surface area contributed by atoms with Crippen LogP contribution >= 0.6 is 11.3 Å². The summed E-state index contributed by atoms with van der Waals surface area (Å²) < 4.78 is 35.6. The molecule has 68 valence electrons. The molecular weight excluding hydrogens is 191 g/mol. The van der Waals surface area contributed by atoms with Gasteiger partial charge in [0.2, 0.25) is 6.10 Å². The minimum absolute atomic E-state index is 0.306. The lowest BCUT2D eigenvalue weighted by Crippen LogP contribution is -2.19. The Hall–Kier alpha value is -0.620. The molecular formula is C6H6F3NOS. The molecule has 0 spiro atoms. The van der Waals surface area contributed by atoms with E-state index in [0.717, 1.165) is 11.3 Å². The predicted octanol–water partition coefficient (Wildman–Crippen LogP) is 2.05. The third-order valence-electron chi connectivity index (χ3n) is 1.18. The van der Waals surface area contributed by atoms with Gasteiger partial charge in [-0.1, -0.05) is 0 Å². The summed E-state index contributed by atoms with van der Waals surface area (Å²) in [5, 5.41) is 9.85. The summed E-state index contributed by atoms with van der Waals surface area (Å²) in [6.07, 6.45) is -7.07. The minimum Gasteiger partial charge on any atom is -0.377 e. The second-order valence-electron chi connectivity index (χ2n) is 2.27. The average molecular weight is 197 g/mol. The van der Waals surface area contributed by atoms with E-state index in [4.69, 9.17) is 5.11 Å². The lowest BCUT2D eigenvalue weighted by molar-refractivity contribution is -0.206. The maximum absolute atomic E-state index is 11.9. The summed E-state index contributed by atoms with van der Waals surface area (Å²) in [7, 11) is 0. The molecule has 1 aromatic rings. The van der Waals surface area contributed by atoms with Crippen LogP contribution in [0.1, 0.15) is 16.8 Å². The van der Waals surface area contributed by atoms with Gasteiger partial charge in [-0.05, 0) is 6.92 Å². The number of hydrogen-bond donors (Lipinski definition) is 1. The second-order valence-corrected chi connectivity index (χ2v) is 3.16. The lowest BCUT2D eigenvalue weighted by Gasteiger charge is -2.10. The van der Waals surface area contributed by atoms with Gasteiger partial charge in [-0.15, -0.1) is 11.3 Å². The number of hydrogen-bond acceptors (Lipinski definition) is 3. The molecule has 12 heavy (non-hydrogen) atoms. The summed E-state index contributed by atoms with van der Waals surface area (Å²) >= 11 is 0.803. The van der Waals surface area contributed by atoms with E-state index in [1.807, 2.05) is 0 Å². The lowest BCUT2D eigenvalue weighted by atomic mass is 10.4. The van der Waals surface area contributed by atoms with Gasteiger partial charge in [-0.3, -0.25) is 0 Å². The van der Waals surface area contributed by atoms with Crippen LogP contribution in [-0.2, 0) is 0 Å². The highest BCUT2D eigenvalue weighted by Gasteiger charge is 2.41. The van der Waals surface area contributed by atoms with Gasteiger partial charge in [0.05, 0.1) is 0 Å². The fourth-order valence-corrected chi connectivity index (χ4v) is 1.44. The van der Waals surface area contributed by atoms with Gasteiger partial charge in [-0.25, -0.2) is 4.98 Å². The first-order chi connectivity index (χ1) is 5.41. The number of nitrogens with zero attached hydrogens (tertiary/aromatic N) is 1. The number of aromatic nitrogens is 1. The van der Waals surface area contributed by atoms with Gasteiger partial charge < -0.3 is 5.11 Å². The largest absolute Gasteiger partial charge is 0.420 e. The van der Waals surface area contributed by atoms with E-state index in [0.29, 0.717) is 5.69 Å². The number of aryl methyl sites for hydroxylation is 1. The van der Waals surface area contributed by atoms with Crippen molar-refractivity contribution in [3.8, 4) is 0 Å². The molecule has 0 bridgehead atoms. The predicted molar refractivity (Wildman–Crippen MR) is 37.9 cm³/mol. The highest BCUT2D eigenvalue weighted by atomic mass is 32.1. The normalized spacial score (nSPS) is 14.8. The smallest absolute Gasteiger partial charge is 0.377 e. The molecule has 0 saturated heterocycles. The monoisotopic (exact) mass is 197 g/mol. The van der Waals surface area contributed by atoms with Gasteiger partial charge in [0.1, 0.15) is 5.01 Å².